The highest BCUT2D eigenvalue weighted by Gasteiger charge is 2.08. The molecule has 3 heteroatoms. The molecule has 0 bridgehead atoms. The maximum Gasteiger partial charge on any atom is 0.162 e. The second-order valence-electron chi connectivity index (χ2n) is 2.80. The van der Waals surface area contributed by atoms with Crippen LogP contribution < -0.4 is 0 Å². The lowest BCUT2D eigenvalue weighted by molar-refractivity contribution is 0.0981. The molecule has 0 aliphatic heterocycles. The van der Waals surface area contributed by atoms with Crippen LogP contribution in [-0.2, 0) is 0 Å². The number of hydrogen-bond donors (Lipinski definition) is 0. The second-order valence-corrected chi connectivity index (χ2v) is 2.80. The molecule has 0 N–H and O–H groups in total. The third-order valence-electron chi connectivity index (χ3n) is 1.72. The second kappa shape index (κ2) is 4.12. The first-order valence-corrected chi connectivity index (χ1v) is 4.13. The molecule has 1 nitrogen and oxygen atoms in total. The normalized spacial score (nSPS) is 10.1. The SMILES string of the molecule is CCCC(=O)c1ccc(F)c(F)c1. The Morgan fingerprint density at radius 2 is 2.00 bits per heavy atom. The Morgan fingerprint density at radius 1 is 1.31 bits per heavy atom. The monoisotopic (exact) mass is 184 g/mol. The van der Waals surface area contributed by atoms with E-state index in [0.717, 1.165) is 12.1 Å². The van der Waals surface area contributed by atoms with Crippen molar-refractivity contribution in [1.29, 1.82) is 0 Å². The van der Waals surface area contributed by atoms with E-state index in [1.54, 1.807) is 0 Å². The van der Waals surface area contributed by atoms with Crippen molar-refractivity contribution >= 4 is 5.78 Å². The van der Waals surface area contributed by atoms with E-state index in [0.29, 0.717) is 12.8 Å². The predicted octanol–water partition coefficient (Wildman–Crippen LogP) is 2.95. The molecule has 70 valence electrons. The Bertz CT molecular complexity index is 321. The molecule has 0 saturated carbocycles. The standard InChI is InChI=1S/C10H10F2O/c1-2-3-10(13)7-4-5-8(11)9(12)6-7/h4-6H,2-3H2,1H3. The van der Waals surface area contributed by atoms with Crippen LogP contribution in [-0.4, -0.2) is 5.78 Å². The van der Waals surface area contributed by atoms with Gasteiger partial charge >= 0.3 is 0 Å². The average molecular weight is 184 g/mol. The maximum atomic E-state index is 12.7. The number of ketones is 1. The van der Waals surface area contributed by atoms with Gasteiger partial charge in [-0.2, -0.15) is 0 Å². The molecule has 0 fully saturated rings. The van der Waals surface area contributed by atoms with E-state index < -0.39 is 11.6 Å². The lowest BCUT2D eigenvalue weighted by Gasteiger charge is -1.99. The summed E-state index contributed by atoms with van der Waals surface area (Å²) in [6, 6.07) is 3.21. The maximum absolute atomic E-state index is 12.7. The van der Waals surface area contributed by atoms with Crippen LogP contribution in [0.25, 0.3) is 0 Å². The Hall–Kier alpha value is -1.25. The number of halogens is 2. The molecule has 0 atom stereocenters. The molecule has 0 heterocycles. The summed E-state index contributed by atoms with van der Waals surface area (Å²) in [6.07, 6.45) is 1.07. The van der Waals surface area contributed by atoms with Crippen molar-refractivity contribution in [3.8, 4) is 0 Å². The van der Waals surface area contributed by atoms with E-state index in [-0.39, 0.29) is 11.3 Å². The van der Waals surface area contributed by atoms with Gasteiger partial charge in [-0.05, 0) is 24.6 Å². The van der Waals surface area contributed by atoms with Gasteiger partial charge in [0.1, 0.15) is 0 Å². The molecule has 1 aromatic rings. The molecule has 0 aromatic heterocycles. The Balaban J connectivity index is 2.90. The lowest BCUT2D eigenvalue weighted by atomic mass is 10.1. The minimum atomic E-state index is -0.970. The first-order chi connectivity index (χ1) is 6.15. The van der Waals surface area contributed by atoms with Crippen molar-refractivity contribution in [3.63, 3.8) is 0 Å². The fraction of sp³-hybridized carbons (Fsp3) is 0.300. The topological polar surface area (TPSA) is 17.1 Å². The molecule has 0 aliphatic rings. The molecular formula is C10H10F2O. The zero-order valence-corrected chi connectivity index (χ0v) is 7.31. The number of hydrogen-bond acceptors (Lipinski definition) is 1. The Kier molecular flexibility index (Phi) is 3.12. The first kappa shape index (κ1) is 9.84. The van der Waals surface area contributed by atoms with Gasteiger partial charge in [0.05, 0.1) is 0 Å². The minimum absolute atomic E-state index is 0.151. The van der Waals surface area contributed by atoms with Crippen LogP contribution in [0.1, 0.15) is 30.1 Å². The van der Waals surface area contributed by atoms with Crippen molar-refractivity contribution < 1.29 is 13.6 Å². The summed E-state index contributed by atoms with van der Waals surface area (Å²) in [5, 5.41) is 0. The van der Waals surface area contributed by atoms with Crippen LogP contribution in [0.5, 0.6) is 0 Å². The van der Waals surface area contributed by atoms with Gasteiger partial charge in [0.15, 0.2) is 17.4 Å². The summed E-state index contributed by atoms with van der Waals surface area (Å²) in [6.45, 7) is 1.86. The van der Waals surface area contributed by atoms with Crippen LogP contribution in [0.2, 0.25) is 0 Å². The largest absolute Gasteiger partial charge is 0.294 e. The molecular weight excluding hydrogens is 174 g/mol. The van der Waals surface area contributed by atoms with Crippen molar-refractivity contribution in [2.45, 2.75) is 19.8 Å². The fourth-order valence-electron chi connectivity index (χ4n) is 1.04. The third-order valence-corrected chi connectivity index (χ3v) is 1.72. The van der Waals surface area contributed by atoms with E-state index in [1.807, 2.05) is 6.92 Å². The van der Waals surface area contributed by atoms with E-state index in [4.69, 9.17) is 0 Å². The van der Waals surface area contributed by atoms with E-state index >= 15 is 0 Å². The first-order valence-electron chi connectivity index (χ1n) is 4.13. The van der Waals surface area contributed by atoms with Gasteiger partial charge in [-0.25, -0.2) is 8.78 Å². The van der Waals surface area contributed by atoms with Crippen LogP contribution >= 0.6 is 0 Å². The van der Waals surface area contributed by atoms with Crippen LogP contribution in [0.15, 0.2) is 18.2 Å². The minimum Gasteiger partial charge on any atom is -0.294 e. The molecule has 13 heavy (non-hydrogen) atoms. The van der Waals surface area contributed by atoms with Crippen molar-refractivity contribution in [2.24, 2.45) is 0 Å². The van der Waals surface area contributed by atoms with Crippen molar-refractivity contribution in [2.75, 3.05) is 0 Å². The van der Waals surface area contributed by atoms with Crippen molar-refractivity contribution in [1.82, 2.24) is 0 Å². The average Bonchev–Trinajstić information content (AvgIpc) is 2.10. The highest BCUT2D eigenvalue weighted by atomic mass is 19.2. The molecule has 0 amide bonds. The summed E-state index contributed by atoms with van der Waals surface area (Å²) in [5.74, 6) is -2.04. The van der Waals surface area contributed by atoms with Crippen molar-refractivity contribution in [3.05, 3.63) is 35.4 Å². The van der Waals surface area contributed by atoms with Gasteiger partial charge in [-0.15, -0.1) is 0 Å². The van der Waals surface area contributed by atoms with Gasteiger partial charge < -0.3 is 0 Å². The zero-order chi connectivity index (χ0) is 9.84. The quantitative estimate of drug-likeness (QED) is 0.660. The summed E-state index contributed by atoms with van der Waals surface area (Å²) < 4.78 is 25.1. The van der Waals surface area contributed by atoms with Crippen LogP contribution in [0, 0.1) is 11.6 Å². The van der Waals surface area contributed by atoms with Gasteiger partial charge in [-0.1, -0.05) is 6.92 Å². The van der Waals surface area contributed by atoms with Gasteiger partial charge in [0.25, 0.3) is 0 Å². The summed E-state index contributed by atoms with van der Waals surface area (Å²) in [4.78, 5) is 11.2. The molecule has 0 radical (unpaired) electrons. The van der Waals surface area contributed by atoms with Crippen LogP contribution in [0.3, 0.4) is 0 Å². The summed E-state index contributed by atoms with van der Waals surface area (Å²) >= 11 is 0. The number of carbonyl (C=O) groups excluding carboxylic acids is 1. The highest BCUT2D eigenvalue weighted by molar-refractivity contribution is 5.95. The van der Waals surface area contributed by atoms with Gasteiger partial charge in [-0.3, -0.25) is 4.79 Å². The van der Waals surface area contributed by atoms with Crippen LogP contribution in [0.4, 0.5) is 8.78 Å². The van der Waals surface area contributed by atoms with Gasteiger partial charge in [0.2, 0.25) is 0 Å². The number of Topliss-reactive ketones (excluding diaryl/α,β-unsaturated/α-hetero) is 1. The fourth-order valence-corrected chi connectivity index (χ4v) is 1.04. The number of rotatable bonds is 3. The lowest BCUT2D eigenvalue weighted by Crippen LogP contribution is -1.99. The molecule has 0 unspecified atom stereocenters. The molecule has 0 aliphatic carbocycles. The van der Waals surface area contributed by atoms with E-state index in [1.165, 1.54) is 6.07 Å². The molecule has 0 saturated heterocycles. The van der Waals surface area contributed by atoms with E-state index in [9.17, 15) is 13.6 Å². The van der Waals surface area contributed by atoms with E-state index in [2.05, 4.69) is 0 Å². The zero-order valence-electron chi connectivity index (χ0n) is 7.31. The summed E-state index contributed by atoms with van der Waals surface area (Å²) in [7, 11) is 0. The number of carbonyl (C=O) groups is 1. The third kappa shape index (κ3) is 2.34. The molecule has 1 rings (SSSR count). The summed E-state index contributed by atoms with van der Waals surface area (Å²) in [5.41, 5.74) is 0.237. The molecule has 0 spiro atoms. The highest BCUT2D eigenvalue weighted by Crippen LogP contribution is 2.11. The Labute approximate surface area is 75.4 Å². The predicted molar refractivity (Wildman–Crippen MR) is 45.6 cm³/mol. The number of benzene rings is 1. The Morgan fingerprint density at radius 3 is 2.54 bits per heavy atom. The smallest absolute Gasteiger partial charge is 0.162 e. The molecule has 1 aromatic carbocycles. The van der Waals surface area contributed by atoms with Gasteiger partial charge in [0, 0.05) is 12.0 Å².